The minimum absolute atomic E-state index is 0.00312. The molecule has 0 radical (unpaired) electrons. The van der Waals surface area contributed by atoms with E-state index in [0.717, 1.165) is 43.9 Å². The molecule has 1 amide bonds. The van der Waals surface area contributed by atoms with Gasteiger partial charge in [0.15, 0.2) is 0 Å². The number of amides is 1. The predicted molar refractivity (Wildman–Crippen MR) is 110 cm³/mol. The molecule has 1 heterocycles. The third-order valence-corrected chi connectivity index (χ3v) is 5.06. The third kappa shape index (κ3) is 5.65. The standard InChI is InChI=1S/C23H30N2O2/c1-18(2)16-22(25-12-14-27-15-13-25)17-24-23(26)21-10-8-20(9-11-21)19-6-4-3-5-7-19/h3-11,18,22H,12-17H2,1-2H3,(H,24,26)/t22-/m0/s1. The zero-order valence-corrected chi connectivity index (χ0v) is 16.4. The number of carbonyl (C=O) groups excluding carboxylic acids is 1. The van der Waals surface area contributed by atoms with Crippen molar-refractivity contribution >= 4 is 5.91 Å². The zero-order chi connectivity index (χ0) is 19.1. The first-order valence-electron chi connectivity index (χ1n) is 9.89. The van der Waals surface area contributed by atoms with E-state index in [4.69, 9.17) is 4.74 Å². The van der Waals surface area contributed by atoms with E-state index in [2.05, 4.69) is 36.2 Å². The number of morpholine rings is 1. The summed E-state index contributed by atoms with van der Waals surface area (Å²) in [6.45, 7) is 8.59. The van der Waals surface area contributed by atoms with Crippen molar-refractivity contribution in [2.75, 3.05) is 32.8 Å². The van der Waals surface area contributed by atoms with Gasteiger partial charge in [0.2, 0.25) is 0 Å². The van der Waals surface area contributed by atoms with Gasteiger partial charge in [-0.25, -0.2) is 0 Å². The molecule has 1 aliphatic rings. The number of ether oxygens (including phenoxy) is 1. The molecular formula is C23H30N2O2. The van der Waals surface area contributed by atoms with Gasteiger partial charge in [0.1, 0.15) is 0 Å². The molecule has 1 atom stereocenters. The van der Waals surface area contributed by atoms with Crippen LogP contribution in [0.5, 0.6) is 0 Å². The summed E-state index contributed by atoms with van der Waals surface area (Å²) >= 11 is 0. The second-order valence-corrected chi connectivity index (χ2v) is 7.59. The van der Waals surface area contributed by atoms with Crippen molar-refractivity contribution in [1.82, 2.24) is 10.2 Å². The first kappa shape index (κ1) is 19.6. The number of hydrogen-bond donors (Lipinski definition) is 1. The van der Waals surface area contributed by atoms with Crippen LogP contribution in [0.2, 0.25) is 0 Å². The summed E-state index contributed by atoms with van der Waals surface area (Å²) in [5, 5.41) is 3.14. The summed E-state index contributed by atoms with van der Waals surface area (Å²) in [5.41, 5.74) is 2.99. The Morgan fingerprint density at radius 2 is 1.63 bits per heavy atom. The first-order valence-corrected chi connectivity index (χ1v) is 9.89. The largest absolute Gasteiger partial charge is 0.379 e. The summed E-state index contributed by atoms with van der Waals surface area (Å²) in [4.78, 5) is 15.1. The number of nitrogens with zero attached hydrogens (tertiary/aromatic N) is 1. The number of hydrogen-bond acceptors (Lipinski definition) is 3. The molecule has 2 aromatic rings. The molecule has 0 aliphatic carbocycles. The van der Waals surface area contributed by atoms with Gasteiger partial charge in [-0.3, -0.25) is 9.69 Å². The van der Waals surface area contributed by atoms with Gasteiger partial charge in [-0.05, 0) is 35.6 Å². The van der Waals surface area contributed by atoms with Gasteiger partial charge in [0.25, 0.3) is 5.91 Å². The van der Waals surface area contributed by atoms with Crippen LogP contribution in [0.15, 0.2) is 54.6 Å². The lowest BCUT2D eigenvalue weighted by atomic mass is 10.0. The molecule has 1 N–H and O–H groups in total. The molecule has 0 aromatic heterocycles. The molecule has 0 saturated carbocycles. The quantitative estimate of drug-likeness (QED) is 0.810. The van der Waals surface area contributed by atoms with Gasteiger partial charge in [-0.2, -0.15) is 0 Å². The SMILES string of the molecule is CC(C)C[C@@H](CNC(=O)c1ccc(-c2ccccc2)cc1)N1CCOCC1. The Labute approximate surface area is 162 Å². The van der Waals surface area contributed by atoms with Crippen LogP contribution in [0.3, 0.4) is 0 Å². The summed E-state index contributed by atoms with van der Waals surface area (Å²) in [6.07, 6.45) is 1.08. The Kier molecular flexibility index (Phi) is 7.02. The molecule has 0 spiro atoms. The first-order chi connectivity index (χ1) is 13.1. The van der Waals surface area contributed by atoms with E-state index in [1.807, 2.05) is 42.5 Å². The van der Waals surface area contributed by atoms with Crippen molar-refractivity contribution in [3.63, 3.8) is 0 Å². The van der Waals surface area contributed by atoms with Crippen LogP contribution in [0, 0.1) is 5.92 Å². The molecule has 0 unspecified atom stereocenters. The maximum Gasteiger partial charge on any atom is 0.251 e. The highest BCUT2D eigenvalue weighted by atomic mass is 16.5. The summed E-state index contributed by atoms with van der Waals surface area (Å²) in [6, 6.07) is 18.4. The molecule has 0 bridgehead atoms. The Bertz CT molecular complexity index is 707. The van der Waals surface area contributed by atoms with Crippen LogP contribution >= 0.6 is 0 Å². The van der Waals surface area contributed by atoms with E-state index in [1.165, 1.54) is 0 Å². The van der Waals surface area contributed by atoms with Crippen LogP contribution < -0.4 is 5.32 Å². The van der Waals surface area contributed by atoms with Crippen LogP contribution in [0.25, 0.3) is 11.1 Å². The Hall–Kier alpha value is -2.17. The second kappa shape index (κ2) is 9.67. The molecule has 27 heavy (non-hydrogen) atoms. The number of carbonyl (C=O) groups is 1. The van der Waals surface area contributed by atoms with Crippen LogP contribution in [-0.4, -0.2) is 49.7 Å². The molecular weight excluding hydrogens is 336 g/mol. The van der Waals surface area contributed by atoms with Crippen molar-refractivity contribution in [3.8, 4) is 11.1 Å². The predicted octanol–water partition coefficient (Wildman–Crippen LogP) is 3.83. The van der Waals surface area contributed by atoms with Crippen molar-refractivity contribution < 1.29 is 9.53 Å². The monoisotopic (exact) mass is 366 g/mol. The molecule has 4 nitrogen and oxygen atoms in total. The lowest BCUT2D eigenvalue weighted by Crippen LogP contribution is -2.49. The van der Waals surface area contributed by atoms with Gasteiger partial charge in [0.05, 0.1) is 13.2 Å². The highest BCUT2D eigenvalue weighted by Crippen LogP contribution is 2.19. The van der Waals surface area contributed by atoms with Gasteiger partial charge in [0, 0.05) is 31.2 Å². The van der Waals surface area contributed by atoms with E-state index in [0.29, 0.717) is 24.1 Å². The van der Waals surface area contributed by atoms with Crippen molar-refractivity contribution in [2.45, 2.75) is 26.3 Å². The molecule has 2 aromatic carbocycles. The third-order valence-electron chi connectivity index (χ3n) is 5.06. The maximum atomic E-state index is 12.6. The topological polar surface area (TPSA) is 41.6 Å². The average molecular weight is 367 g/mol. The van der Waals surface area contributed by atoms with Gasteiger partial charge in [-0.1, -0.05) is 56.3 Å². The minimum Gasteiger partial charge on any atom is -0.379 e. The van der Waals surface area contributed by atoms with Crippen LogP contribution in [0.4, 0.5) is 0 Å². The highest BCUT2D eigenvalue weighted by molar-refractivity contribution is 5.94. The minimum atomic E-state index is -0.00312. The van der Waals surface area contributed by atoms with Crippen molar-refractivity contribution in [1.29, 1.82) is 0 Å². The van der Waals surface area contributed by atoms with E-state index in [9.17, 15) is 4.79 Å². The number of rotatable bonds is 7. The number of nitrogens with one attached hydrogen (secondary N) is 1. The summed E-state index contributed by atoms with van der Waals surface area (Å²) in [5.74, 6) is 0.594. The van der Waals surface area contributed by atoms with Crippen molar-refractivity contribution in [2.24, 2.45) is 5.92 Å². The lowest BCUT2D eigenvalue weighted by molar-refractivity contribution is 0.0124. The molecule has 3 rings (SSSR count). The van der Waals surface area contributed by atoms with Crippen LogP contribution in [0.1, 0.15) is 30.6 Å². The van der Waals surface area contributed by atoms with Gasteiger partial charge >= 0.3 is 0 Å². The van der Waals surface area contributed by atoms with E-state index >= 15 is 0 Å². The molecule has 1 saturated heterocycles. The summed E-state index contributed by atoms with van der Waals surface area (Å²) < 4.78 is 5.47. The molecule has 1 aliphatic heterocycles. The van der Waals surface area contributed by atoms with E-state index < -0.39 is 0 Å². The summed E-state index contributed by atoms with van der Waals surface area (Å²) in [7, 11) is 0. The Morgan fingerprint density at radius 3 is 2.26 bits per heavy atom. The Balaban J connectivity index is 1.59. The molecule has 144 valence electrons. The average Bonchev–Trinajstić information content (AvgIpc) is 2.72. The van der Waals surface area contributed by atoms with Crippen molar-refractivity contribution in [3.05, 3.63) is 60.2 Å². The fourth-order valence-corrected chi connectivity index (χ4v) is 3.61. The maximum absolute atomic E-state index is 12.6. The molecule has 4 heteroatoms. The van der Waals surface area contributed by atoms with Crippen LogP contribution in [-0.2, 0) is 4.74 Å². The Morgan fingerprint density at radius 1 is 1.00 bits per heavy atom. The van der Waals surface area contributed by atoms with Gasteiger partial charge in [-0.15, -0.1) is 0 Å². The van der Waals surface area contributed by atoms with E-state index in [1.54, 1.807) is 0 Å². The molecule has 1 fully saturated rings. The van der Waals surface area contributed by atoms with E-state index in [-0.39, 0.29) is 5.91 Å². The van der Waals surface area contributed by atoms with Gasteiger partial charge < -0.3 is 10.1 Å². The number of benzene rings is 2. The lowest BCUT2D eigenvalue weighted by Gasteiger charge is -2.35. The smallest absolute Gasteiger partial charge is 0.251 e. The fraction of sp³-hybridized carbons (Fsp3) is 0.435. The fourth-order valence-electron chi connectivity index (χ4n) is 3.61. The zero-order valence-electron chi connectivity index (χ0n) is 16.4. The highest BCUT2D eigenvalue weighted by Gasteiger charge is 2.22. The second-order valence-electron chi connectivity index (χ2n) is 7.59. The normalized spacial score (nSPS) is 16.3.